The first kappa shape index (κ1) is 14.9. The number of hydrogen-bond acceptors (Lipinski definition) is 6. The summed E-state index contributed by atoms with van der Waals surface area (Å²) in [5, 5.41) is 9.93. The zero-order valence-electron chi connectivity index (χ0n) is 11.1. The lowest BCUT2D eigenvalue weighted by Crippen LogP contribution is -2.39. The van der Waals surface area contributed by atoms with Crippen LogP contribution in [-0.4, -0.2) is 45.4 Å². The summed E-state index contributed by atoms with van der Waals surface area (Å²) >= 11 is 5.83. The van der Waals surface area contributed by atoms with Crippen molar-refractivity contribution < 1.29 is 9.84 Å². The van der Waals surface area contributed by atoms with Crippen LogP contribution < -0.4 is 9.64 Å². The van der Waals surface area contributed by atoms with Crippen LogP contribution in [0.15, 0.2) is 0 Å². The monoisotopic (exact) mass is 274 g/mol. The van der Waals surface area contributed by atoms with Gasteiger partial charge in [0.05, 0.1) is 12.2 Å². The van der Waals surface area contributed by atoms with Crippen LogP contribution in [0, 0.1) is 0 Å². The molecule has 0 saturated carbocycles. The van der Waals surface area contributed by atoms with Gasteiger partial charge in [0.25, 0.3) is 0 Å². The highest BCUT2D eigenvalue weighted by Gasteiger charge is 2.20. The molecule has 0 spiro atoms. The maximum absolute atomic E-state index is 9.85. The number of likely N-dealkylation sites (N-methyl/N-ethyl adjacent to an activating group) is 1. The van der Waals surface area contributed by atoms with Gasteiger partial charge in [-0.1, -0.05) is 0 Å². The molecule has 0 aliphatic heterocycles. The zero-order chi connectivity index (χ0) is 13.8. The molecule has 0 aliphatic rings. The number of aliphatic hydroxyl groups is 1. The third kappa shape index (κ3) is 4.62. The van der Waals surface area contributed by atoms with E-state index < -0.39 is 5.60 Å². The van der Waals surface area contributed by atoms with Crippen molar-refractivity contribution in [3.8, 4) is 6.01 Å². The van der Waals surface area contributed by atoms with E-state index in [4.69, 9.17) is 16.3 Å². The predicted molar refractivity (Wildman–Crippen MR) is 70.2 cm³/mol. The molecule has 1 aromatic heterocycles. The van der Waals surface area contributed by atoms with Crippen LogP contribution in [0.25, 0.3) is 0 Å². The molecule has 0 amide bonds. The molecule has 18 heavy (non-hydrogen) atoms. The van der Waals surface area contributed by atoms with Crippen molar-refractivity contribution >= 4 is 17.5 Å². The van der Waals surface area contributed by atoms with Crippen molar-refractivity contribution in [3.63, 3.8) is 0 Å². The lowest BCUT2D eigenvalue weighted by Gasteiger charge is -2.28. The molecule has 1 aromatic rings. The summed E-state index contributed by atoms with van der Waals surface area (Å²) in [6.07, 6.45) is 0. The molecule has 7 heteroatoms. The largest absolute Gasteiger partial charge is 0.464 e. The SMILES string of the molecule is CCOc1nc(Cl)nc(N(CC)CC(C)(C)O)n1. The van der Waals surface area contributed by atoms with Crippen molar-refractivity contribution in [2.45, 2.75) is 33.3 Å². The van der Waals surface area contributed by atoms with Gasteiger partial charge in [-0.05, 0) is 39.3 Å². The summed E-state index contributed by atoms with van der Waals surface area (Å²) < 4.78 is 5.22. The average molecular weight is 275 g/mol. The third-order valence-electron chi connectivity index (χ3n) is 2.09. The van der Waals surface area contributed by atoms with Crippen molar-refractivity contribution in [1.82, 2.24) is 15.0 Å². The lowest BCUT2D eigenvalue weighted by atomic mass is 10.1. The summed E-state index contributed by atoms with van der Waals surface area (Å²) in [7, 11) is 0. The van der Waals surface area contributed by atoms with E-state index in [0.717, 1.165) is 0 Å². The smallest absolute Gasteiger partial charge is 0.322 e. The van der Waals surface area contributed by atoms with Crippen LogP contribution in [0.2, 0.25) is 5.28 Å². The first-order chi connectivity index (χ1) is 8.35. The standard InChI is InChI=1S/C11H19ClN4O2/c1-5-16(7-11(3,4)17)9-13-8(12)14-10(15-9)18-6-2/h17H,5-7H2,1-4H3. The quantitative estimate of drug-likeness (QED) is 0.848. The van der Waals surface area contributed by atoms with Gasteiger partial charge in [-0.25, -0.2) is 0 Å². The molecule has 1 rings (SSSR count). The van der Waals surface area contributed by atoms with E-state index in [0.29, 0.717) is 25.6 Å². The van der Waals surface area contributed by atoms with Gasteiger partial charge in [0, 0.05) is 13.1 Å². The fourth-order valence-corrected chi connectivity index (χ4v) is 1.60. The number of hydrogen-bond donors (Lipinski definition) is 1. The summed E-state index contributed by atoms with van der Waals surface area (Å²) in [6, 6.07) is 0.196. The average Bonchev–Trinajstić information content (AvgIpc) is 2.24. The molecule has 0 atom stereocenters. The molecule has 0 radical (unpaired) electrons. The van der Waals surface area contributed by atoms with Crippen molar-refractivity contribution in [2.24, 2.45) is 0 Å². The Morgan fingerprint density at radius 1 is 1.28 bits per heavy atom. The Morgan fingerprint density at radius 3 is 2.44 bits per heavy atom. The van der Waals surface area contributed by atoms with Crippen LogP contribution in [-0.2, 0) is 0 Å². The number of halogens is 1. The van der Waals surface area contributed by atoms with Gasteiger partial charge in [0.15, 0.2) is 0 Å². The molecule has 0 unspecified atom stereocenters. The molecule has 6 nitrogen and oxygen atoms in total. The molecule has 1 heterocycles. The summed E-state index contributed by atoms with van der Waals surface area (Å²) in [4.78, 5) is 13.9. The minimum atomic E-state index is -0.846. The maximum atomic E-state index is 9.85. The number of ether oxygens (including phenoxy) is 1. The normalized spacial score (nSPS) is 11.4. The van der Waals surface area contributed by atoms with Gasteiger partial charge in [-0.15, -0.1) is 0 Å². The fourth-order valence-electron chi connectivity index (χ4n) is 1.45. The molecule has 0 bridgehead atoms. The van der Waals surface area contributed by atoms with E-state index in [1.165, 1.54) is 0 Å². The van der Waals surface area contributed by atoms with E-state index >= 15 is 0 Å². The fraction of sp³-hybridized carbons (Fsp3) is 0.727. The van der Waals surface area contributed by atoms with Crippen molar-refractivity contribution in [1.29, 1.82) is 0 Å². The molecule has 0 saturated heterocycles. The van der Waals surface area contributed by atoms with Crippen molar-refractivity contribution in [3.05, 3.63) is 5.28 Å². The van der Waals surface area contributed by atoms with Gasteiger partial charge in [0.1, 0.15) is 0 Å². The second-order valence-corrected chi connectivity index (χ2v) is 4.78. The van der Waals surface area contributed by atoms with Crippen molar-refractivity contribution in [2.75, 3.05) is 24.6 Å². The van der Waals surface area contributed by atoms with Gasteiger partial charge in [0.2, 0.25) is 11.2 Å². The highest BCUT2D eigenvalue weighted by molar-refractivity contribution is 6.28. The van der Waals surface area contributed by atoms with E-state index in [2.05, 4.69) is 15.0 Å². The molecule has 0 aromatic carbocycles. The lowest BCUT2D eigenvalue weighted by molar-refractivity contribution is 0.0871. The Balaban J connectivity index is 2.98. The number of nitrogens with zero attached hydrogens (tertiary/aromatic N) is 4. The Bertz CT molecular complexity index is 395. The van der Waals surface area contributed by atoms with E-state index in [-0.39, 0.29) is 11.3 Å². The molecule has 0 fully saturated rings. The molecular weight excluding hydrogens is 256 g/mol. The minimum Gasteiger partial charge on any atom is -0.464 e. The summed E-state index contributed by atoms with van der Waals surface area (Å²) in [5.41, 5.74) is -0.846. The van der Waals surface area contributed by atoms with Gasteiger partial charge >= 0.3 is 6.01 Å². The van der Waals surface area contributed by atoms with Crippen LogP contribution in [0.3, 0.4) is 0 Å². The van der Waals surface area contributed by atoms with Gasteiger partial charge in [-0.3, -0.25) is 0 Å². The zero-order valence-corrected chi connectivity index (χ0v) is 11.9. The summed E-state index contributed by atoms with van der Waals surface area (Å²) in [5.74, 6) is 0.406. The Kier molecular flexibility index (Phi) is 5.10. The number of rotatable bonds is 6. The Labute approximate surface area is 112 Å². The molecule has 0 aliphatic carbocycles. The van der Waals surface area contributed by atoms with Crippen LogP contribution in [0.4, 0.5) is 5.95 Å². The maximum Gasteiger partial charge on any atom is 0.322 e. The second-order valence-electron chi connectivity index (χ2n) is 4.45. The van der Waals surface area contributed by atoms with Crippen LogP contribution >= 0.6 is 11.6 Å². The molecular formula is C11H19ClN4O2. The number of aromatic nitrogens is 3. The van der Waals surface area contributed by atoms with E-state index in [9.17, 15) is 5.11 Å². The van der Waals surface area contributed by atoms with Crippen LogP contribution in [0.5, 0.6) is 6.01 Å². The topological polar surface area (TPSA) is 71.4 Å². The minimum absolute atomic E-state index is 0.0812. The molecule has 1 N–H and O–H groups in total. The highest BCUT2D eigenvalue weighted by atomic mass is 35.5. The second kappa shape index (κ2) is 6.15. The van der Waals surface area contributed by atoms with E-state index in [1.54, 1.807) is 13.8 Å². The molecule has 102 valence electrons. The third-order valence-corrected chi connectivity index (χ3v) is 2.26. The first-order valence-corrected chi connectivity index (χ1v) is 6.25. The first-order valence-electron chi connectivity index (χ1n) is 5.87. The van der Waals surface area contributed by atoms with Gasteiger partial charge < -0.3 is 14.7 Å². The Hall–Kier alpha value is -1.14. The number of anilines is 1. The highest BCUT2D eigenvalue weighted by Crippen LogP contribution is 2.17. The van der Waals surface area contributed by atoms with Crippen LogP contribution in [0.1, 0.15) is 27.7 Å². The van der Waals surface area contributed by atoms with E-state index in [1.807, 2.05) is 18.7 Å². The predicted octanol–water partition coefficient (Wildman–Crippen LogP) is 1.52. The summed E-state index contributed by atoms with van der Waals surface area (Å²) in [6.45, 7) is 8.74. The van der Waals surface area contributed by atoms with Gasteiger partial charge in [-0.2, -0.15) is 15.0 Å². The Morgan fingerprint density at radius 2 is 1.94 bits per heavy atom.